The smallest absolute Gasteiger partial charge is 0.323 e. The van der Waals surface area contributed by atoms with Crippen molar-refractivity contribution in [1.82, 2.24) is 14.7 Å². The lowest BCUT2D eigenvalue weighted by molar-refractivity contribution is -0.138. The zero-order chi connectivity index (χ0) is 17.8. The lowest BCUT2D eigenvalue weighted by Crippen LogP contribution is -2.46. The molecule has 2 aromatic rings. The fraction of sp³-hybridized carbons (Fsp3) is 0.389. The molecule has 1 aliphatic rings. The first kappa shape index (κ1) is 17.2. The first-order valence-corrected chi connectivity index (χ1v) is 8.27. The van der Waals surface area contributed by atoms with Gasteiger partial charge < -0.3 is 14.7 Å². The Kier molecular flexibility index (Phi) is 5.14. The van der Waals surface area contributed by atoms with E-state index < -0.39 is 5.97 Å². The summed E-state index contributed by atoms with van der Waals surface area (Å²) in [6, 6.07) is 6.93. The second-order valence-electron chi connectivity index (χ2n) is 6.18. The highest BCUT2D eigenvalue weighted by atomic mass is 16.5. The number of carboxylic acids is 1. The van der Waals surface area contributed by atoms with Crippen molar-refractivity contribution in [3.63, 3.8) is 0 Å². The molecule has 0 unspecified atom stereocenters. The molecule has 1 fully saturated rings. The predicted molar refractivity (Wildman–Crippen MR) is 90.8 cm³/mol. The number of aromatic nitrogens is 2. The maximum atomic E-state index is 12.8. The molecule has 132 valence electrons. The van der Waals surface area contributed by atoms with E-state index in [0.717, 1.165) is 11.3 Å². The minimum atomic E-state index is -1.01. The third-order valence-electron chi connectivity index (χ3n) is 4.29. The second kappa shape index (κ2) is 7.48. The van der Waals surface area contributed by atoms with Crippen molar-refractivity contribution in [2.24, 2.45) is 0 Å². The van der Waals surface area contributed by atoms with Crippen LogP contribution in [0.2, 0.25) is 0 Å². The van der Waals surface area contributed by atoms with E-state index in [0.29, 0.717) is 31.6 Å². The Hall–Kier alpha value is -2.67. The van der Waals surface area contributed by atoms with Gasteiger partial charge in [0.05, 0.1) is 11.9 Å². The molecule has 0 radical (unpaired) electrons. The van der Waals surface area contributed by atoms with Gasteiger partial charge in [-0.1, -0.05) is 0 Å². The van der Waals surface area contributed by atoms with Crippen molar-refractivity contribution in [2.45, 2.75) is 25.8 Å². The molecule has 7 nitrogen and oxygen atoms in total. The maximum Gasteiger partial charge on any atom is 0.323 e. The quantitative estimate of drug-likeness (QED) is 0.896. The Balaban J connectivity index is 1.79. The molecule has 7 heteroatoms. The van der Waals surface area contributed by atoms with Crippen molar-refractivity contribution in [2.75, 3.05) is 19.8 Å². The van der Waals surface area contributed by atoms with Crippen LogP contribution in [0.3, 0.4) is 0 Å². The van der Waals surface area contributed by atoms with Gasteiger partial charge in [-0.25, -0.2) is 4.68 Å². The maximum absolute atomic E-state index is 12.8. The van der Waals surface area contributed by atoms with Gasteiger partial charge in [-0.15, -0.1) is 0 Å². The molecule has 0 bridgehead atoms. The predicted octanol–water partition coefficient (Wildman–Crippen LogP) is 1.89. The minimum absolute atomic E-state index is 0.106. The van der Waals surface area contributed by atoms with E-state index in [1.807, 2.05) is 25.3 Å². The number of carbonyl (C=O) groups is 2. The van der Waals surface area contributed by atoms with Gasteiger partial charge in [0.15, 0.2) is 0 Å². The summed E-state index contributed by atoms with van der Waals surface area (Å²) in [6.45, 7) is 2.75. The molecular formula is C18H21N3O4. The van der Waals surface area contributed by atoms with E-state index in [1.54, 1.807) is 23.0 Å². The average molecular weight is 343 g/mol. The van der Waals surface area contributed by atoms with Gasteiger partial charge >= 0.3 is 5.97 Å². The highest BCUT2D eigenvalue weighted by molar-refractivity contribution is 5.96. The number of benzene rings is 1. The van der Waals surface area contributed by atoms with Crippen LogP contribution >= 0.6 is 0 Å². The fourth-order valence-electron chi connectivity index (χ4n) is 2.99. The summed E-state index contributed by atoms with van der Waals surface area (Å²) in [6.07, 6.45) is 4.97. The molecule has 0 spiro atoms. The van der Waals surface area contributed by atoms with E-state index in [2.05, 4.69) is 5.10 Å². The summed E-state index contributed by atoms with van der Waals surface area (Å²) in [4.78, 5) is 25.5. The molecule has 1 aromatic heterocycles. The van der Waals surface area contributed by atoms with Crippen LogP contribution in [-0.2, 0) is 9.53 Å². The number of carboxylic acid groups (broad SMARTS) is 1. The molecule has 1 amide bonds. The van der Waals surface area contributed by atoms with E-state index in [1.165, 1.54) is 4.90 Å². The Morgan fingerprint density at radius 3 is 2.52 bits per heavy atom. The molecule has 1 N–H and O–H groups in total. The fourth-order valence-corrected chi connectivity index (χ4v) is 2.99. The van der Waals surface area contributed by atoms with Crippen LogP contribution in [0.4, 0.5) is 0 Å². The average Bonchev–Trinajstić information content (AvgIpc) is 3.06. The lowest BCUT2D eigenvalue weighted by Gasteiger charge is -2.33. The van der Waals surface area contributed by atoms with Gasteiger partial charge in [-0.2, -0.15) is 5.10 Å². The summed E-state index contributed by atoms with van der Waals surface area (Å²) >= 11 is 0. The van der Waals surface area contributed by atoms with Gasteiger partial charge in [0.1, 0.15) is 6.54 Å². The SMILES string of the molecule is Cc1cnn(-c2ccc(C(=O)N(CC(=O)O)C3CCOCC3)cc2)c1. The van der Waals surface area contributed by atoms with Gasteiger partial charge in [0, 0.05) is 31.0 Å². The Bertz CT molecular complexity index is 748. The van der Waals surface area contributed by atoms with Crippen molar-refractivity contribution < 1.29 is 19.4 Å². The molecule has 0 aliphatic carbocycles. The van der Waals surface area contributed by atoms with Crippen LogP contribution in [-0.4, -0.2) is 57.5 Å². The monoisotopic (exact) mass is 343 g/mol. The lowest BCUT2D eigenvalue weighted by atomic mass is 10.1. The van der Waals surface area contributed by atoms with E-state index >= 15 is 0 Å². The number of hydrogen-bond acceptors (Lipinski definition) is 4. The summed E-state index contributed by atoms with van der Waals surface area (Å²) in [5.74, 6) is -1.28. The summed E-state index contributed by atoms with van der Waals surface area (Å²) in [5, 5.41) is 13.4. The van der Waals surface area contributed by atoms with Crippen molar-refractivity contribution >= 4 is 11.9 Å². The highest BCUT2D eigenvalue weighted by Gasteiger charge is 2.28. The molecule has 1 aliphatic heterocycles. The summed E-state index contributed by atoms with van der Waals surface area (Å²) < 4.78 is 7.05. The number of aliphatic carboxylic acids is 1. The van der Waals surface area contributed by atoms with E-state index in [9.17, 15) is 9.59 Å². The zero-order valence-corrected chi connectivity index (χ0v) is 14.1. The van der Waals surface area contributed by atoms with Gasteiger partial charge in [-0.05, 0) is 49.6 Å². The second-order valence-corrected chi connectivity index (χ2v) is 6.18. The first-order chi connectivity index (χ1) is 12.0. The molecule has 0 saturated carbocycles. The van der Waals surface area contributed by atoms with Crippen LogP contribution in [0, 0.1) is 6.92 Å². The molecular weight excluding hydrogens is 322 g/mol. The molecule has 2 heterocycles. The number of rotatable bonds is 5. The summed E-state index contributed by atoms with van der Waals surface area (Å²) in [5.41, 5.74) is 2.37. The van der Waals surface area contributed by atoms with Gasteiger partial charge in [0.25, 0.3) is 5.91 Å². The number of amides is 1. The van der Waals surface area contributed by atoms with Gasteiger partial charge in [0.2, 0.25) is 0 Å². The van der Waals surface area contributed by atoms with Crippen molar-refractivity contribution in [1.29, 1.82) is 0 Å². The topological polar surface area (TPSA) is 84.7 Å². The van der Waals surface area contributed by atoms with E-state index in [4.69, 9.17) is 9.84 Å². The van der Waals surface area contributed by atoms with Crippen molar-refractivity contribution in [3.8, 4) is 5.69 Å². The van der Waals surface area contributed by atoms with Crippen LogP contribution < -0.4 is 0 Å². The minimum Gasteiger partial charge on any atom is -0.480 e. The van der Waals surface area contributed by atoms with Crippen LogP contribution in [0.15, 0.2) is 36.7 Å². The molecule has 0 atom stereocenters. The largest absolute Gasteiger partial charge is 0.480 e. The Morgan fingerprint density at radius 1 is 1.28 bits per heavy atom. The standard InChI is InChI=1S/C18H21N3O4/c1-13-10-19-21(11-13)16-4-2-14(3-5-16)18(24)20(12-17(22)23)15-6-8-25-9-7-15/h2-5,10-11,15H,6-9,12H2,1H3,(H,22,23). The normalized spacial score (nSPS) is 15.1. The third-order valence-corrected chi connectivity index (χ3v) is 4.29. The highest BCUT2D eigenvalue weighted by Crippen LogP contribution is 2.18. The Morgan fingerprint density at radius 2 is 1.96 bits per heavy atom. The Labute approximate surface area is 145 Å². The number of nitrogens with zero attached hydrogens (tertiary/aromatic N) is 3. The van der Waals surface area contributed by atoms with Crippen LogP contribution in [0.25, 0.3) is 5.69 Å². The summed E-state index contributed by atoms with van der Waals surface area (Å²) in [7, 11) is 0. The zero-order valence-electron chi connectivity index (χ0n) is 14.1. The van der Waals surface area contributed by atoms with E-state index in [-0.39, 0.29) is 18.5 Å². The molecule has 1 aromatic carbocycles. The number of aryl methyl sites for hydroxylation is 1. The molecule has 1 saturated heterocycles. The van der Waals surface area contributed by atoms with Crippen LogP contribution in [0.5, 0.6) is 0 Å². The molecule has 3 rings (SSSR count). The van der Waals surface area contributed by atoms with Crippen molar-refractivity contribution in [3.05, 3.63) is 47.8 Å². The number of hydrogen-bond donors (Lipinski definition) is 1. The molecule has 25 heavy (non-hydrogen) atoms. The third kappa shape index (κ3) is 4.06. The van der Waals surface area contributed by atoms with Crippen LogP contribution in [0.1, 0.15) is 28.8 Å². The number of carbonyl (C=O) groups excluding carboxylic acids is 1. The number of ether oxygens (including phenoxy) is 1. The first-order valence-electron chi connectivity index (χ1n) is 8.27. The van der Waals surface area contributed by atoms with Gasteiger partial charge in [-0.3, -0.25) is 9.59 Å².